The van der Waals surface area contributed by atoms with Crippen LogP contribution in [-0.2, 0) is 4.74 Å². The van der Waals surface area contributed by atoms with E-state index in [2.05, 4.69) is 28.5 Å². The highest BCUT2D eigenvalue weighted by molar-refractivity contribution is 5.96. The lowest BCUT2D eigenvalue weighted by atomic mass is 10.1. The molecule has 0 bridgehead atoms. The van der Waals surface area contributed by atoms with Crippen molar-refractivity contribution in [2.24, 2.45) is 0 Å². The maximum absolute atomic E-state index is 14.3. The van der Waals surface area contributed by atoms with Crippen LogP contribution < -0.4 is 14.7 Å². The molecular formula is C44H61F3N6O4. The first-order valence-electron chi connectivity index (χ1n) is 20.2. The number of methoxy groups -OCH3 is 1. The third-order valence-electron chi connectivity index (χ3n) is 10.8. The standard InChI is InChI=1S/C15H21FN2O2.C15H21FN2O.C14H19FN2O/c1-12(19)13-4-3-5-14(15(13)16)18-8-6-17(7-9-18)10-11-20-2;1-3-7-17-8-10-18(11-9-17)14-6-4-5-13(12(2)19)15(14)16;1-3-16-7-9-17(10-8-16)13-6-4-5-12(11(2)18)14(13)15/h3-5H,6-11H2,1-2H3;4-6H,3,7-11H2,1-2H3;4-6H,3,7-10H2,1-2H3. The van der Waals surface area contributed by atoms with Crippen molar-refractivity contribution in [3.63, 3.8) is 0 Å². The average Bonchev–Trinajstić information content (AvgIpc) is 3.21. The summed E-state index contributed by atoms with van der Waals surface area (Å²) in [6.07, 6.45) is 1.15. The van der Waals surface area contributed by atoms with Crippen LogP contribution in [0.3, 0.4) is 0 Å². The molecule has 0 radical (unpaired) electrons. The maximum atomic E-state index is 14.3. The predicted molar refractivity (Wildman–Crippen MR) is 223 cm³/mol. The molecule has 3 fully saturated rings. The molecule has 57 heavy (non-hydrogen) atoms. The zero-order valence-corrected chi connectivity index (χ0v) is 34.7. The van der Waals surface area contributed by atoms with Gasteiger partial charge in [-0.2, -0.15) is 0 Å². The molecule has 0 aliphatic carbocycles. The van der Waals surface area contributed by atoms with Gasteiger partial charge in [0.1, 0.15) is 0 Å². The third-order valence-corrected chi connectivity index (χ3v) is 10.8. The van der Waals surface area contributed by atoms with Gasteiger partial charge in [0.15, 0.2) is 34.8 Å². The van der Waals surface area contributed by atoms with E-state index in [4.69, 9.17) is 4.74 Å². The van der Waals surface area contributed by atoms with E-state index in [1.165, 1.54) is 26.8 Å². The highest BCUT2D eigenvalue weighted by Gasteiger charge is 2.24. The summed E-state index contributed by atoms with van der Waals surface area (Å²) in [6, 6.07) is 15.1. The third kappa shape index (κ3) is 12.6. The summed E-state index contributed by atoms with van der Waals surface area (Å²) in [5.74, 6) is -1.83. The van der Waals surface area contributed by atoms with Gasteiger partial charge >= 0.3 is 0 Å². The summed E-state index contributed by atoms with van der Waals surface area (Å²) in [5, 5.41) is 0. The van der Waals surface area contributed by atoms with Crippen LogP contribution in [0.1, 0.15) is 72.1 Å². The number of benzene rings is 3. The molecule has 3 heterocycles. The van der Waals surface area contributed by atoms with E-state index < -0.39 is 5.82 Å². The summed E-state index contributed by atoms with van der Waals surface area (Å²) in [5.41, 5.74) is 2.19. The Morgan fingerprint density at radius 3 is 1.11 bits per heavy atom. The van der Waals surface area contributed by atoms with Crippen molar-refractivity contribution in [3.05, 3.63) is 88.7 Å². The van der Waals surface area contributed by atoms with Crippen molar-refractivity contribution in [1.29, 1.82) is 0 Å². The van der Waals surface area contributed by atoms with Crippen LogP contribution in [0.5, 0.6) is 0 Å². The molecule has 6 rings (SSSR count). The van der Waals surface area contributed by atoms with E-state index in [1.807, 2.05) is 14.7 Å². The Balaban J connectivity index is 0.000000190. The summed E-state index contributed by atoms with van der Waals surface area (Å²) in [7, 11) is 1.69. The van der Waals surface area contributed by atoms with Gasteiger partial charge in [0, 0.05) is 92.2 Å². The Morgan fingerprint density at radius 1 is 0.509 bits per heavy atom. The summed E-state index contributed by atoms with van der Waals surface area (Å²) in [4.78, 5) is 47.2. The lowest BCUT2D eigenvalue weighted by Crippen LogP contribution is -2.47. The summed E-state index contributed by atoms with van der Waals surface area (Å²) >= 11 is 0. The normalized spacial score (nSPS) is 16.7. The lowest BCUT2D eigenvalue weighted by molar-refractivity contribution is 0.100. The summed E-state index contributed by atoms with van der Waals surface area (Å²) in [6.45, 7) is 22.6. The van der Waals surface area contributed by atoms with Gasteiger partial charge in [-0.3, -0.25) is 24.2 Å². The fraction of sp³-hybridized carbons (Fsp3) is 0.523. The van der Waals surface area contributed by atoms with Gasteiger partial charge in [0.25, 0.3) is 0 Å². The molecule has 3 saturated heterocycles. The SMILES string of the molecule is CCCN1CCN(c2cccc(C(C)=O)c2F)CC1.CCN1CCN(c2cccc(C(C)=O)c2F)CC1.COCCN1CCN(c2cccc(C(C)=O)c2F)CC1. The molecule has 10 nitrogen and oxygen atoms in total. The van der Waals surface area contributed by atoms with Crippen LogP contribution in [-0.4, -0.2) is 144 Å². The highest BCUT2D eigenvalue weighted by atomic mass is 19.1. The van der Waals surface area contributed by atoms with Gasteiger partial charge in [-0.15, -0.1) is 0 Å². The van der Waals surface area contributed by atoms with E-state index in [0.717, 1.165) is 105 Å². The van der Waals surface area contributed by atoms with Crippen LogP contribution in [0.15, 0.2) is 54.6 Å². The van der Waals surface area contributed by atoms with Gasteiger partial charge in [0.2, 0.25) is 0 Å². The molecule has 3 aromatic carbocycles. The molecule has 0 aromatic heterocycles. The molecule has 0 N–H and O–H groups in total. The number of ketones is 3. The Bertz CT molecular complexity index is 1770. The van der Waals surface area contributed by atoms with Crippen molar-refractivity contribution >= 4 is 34.4 Å². The second-order valence-electron chi connectivity index (χ2n) is 14.7. The number of anilines is 3. The van der Waals surface area contributed by atoms with E-state index in [9.17, 15) is 27.6 Å². The van der Waals surface area contributed by atoms with Crippen molar-refractivity contribution in [2.45, 2.75) is 41.0 Å². The molecule has 0 atom stereocenters. The fourth-order valence-corrected chi connectivity index (χ4v) is 7.37. The second kappa shape index (κ2) is 22.6. The number of Topliss-reactive ketones (excluding diaryl/α,β-unsaturated/α-hetero) is 3. The number of likely N-dealkylation sites (N-methyl/N-ethyl adjacent to an activating group) is 1. The average molecular weight is 795 g/mol. The maximum Gasteiger partial charge on any atom is 0.162 e. The molecule has 3 aromatic rings. The van der Waals surface area contributed by atoms with Crippen molar-refractivity contribution < 1.29 is 32.3 Å². The zero-order valence-electron chi connectivity index (χ0n) is 34.7. The first-order valence-corrected chi connectivity index (χ1v) is 20.2. The second-order valence-corrected chi connectivity index (χ2v) is 14.7. The number of carbonyl (C=O) groups excluding carboxylic acids is 3. The molecule has 0 amide bonds. The van der Waals surface area contributed by atoms with E-state index in [0.29, 0.717) is 23.7 Å². The molecule has 3 aliphatic heterocycles. The number of hydrogen-bond acceptors (Lipinski definition) is 10. The zero-order chi connectivity index (χ0) is 41.5. The number of hydrogen-bond donors (Lipinski definition) is 0. The predicted octanol–water partition coefficient (Wildman–Crippen LogP) is 6.53. The van der Waals surface area contributed by atoms with Gasteiger partial charge in [0.05, 0.1) is 40.4 Å². The topological polar surface area (TPSA) is 79.9 Å². The Labute approximate surface area is 337 Å². The van der Waals surface area contributed by atoms with Crippen LogP contribution in [0.4, 0.5) is 30.2 Å². The van der Waals surface area contributed by atoms with Crippen LogP contribution >= 0.6 is 0 Å². The number of nitrogens with zero attached hydrogens (tertiary/aromatic N) is 6. The van der Waals surface area contributed by atoms with E-state index in [-0.39, 0.29) is 45.7 Å². The van der Waals surface area contributed by atoms with Gasteiger partial charge < -0.3 is 24.3 Å². The Morgan fingerprint density at radius 2 is 0.825 bits per heavy atom. The summed E-state index contributed by atoms with van der Waals surface area (Å²) < 4.78 is 47.9. The lowest BCUT2D eigenvalue weighted by Gasteiger charge is -2.36. The number of piperazine rings is 3. The number of ether oxygens (including phenoxy) is 1. The van der Waals surface area contributed by atoms with Crippen LogP contribution in [0.25, 0.3) is 0 Å². The van der Waals surface area contributed by atoms with Crippen molar-refractivity contribution in [3.8, 4) is 0 Å². The number of carbonyl (C=O) groups is 3. The van der Waals surface area contributed by atoms with Gasteiger partial charge in [-0.25, -0.2) is 13.2 Å². The molecule has 3 aliphatic rings. The molecule has 0 unspecified atom stereocenters. The number of halogens is 3. The minimum absolute atomic E-state index is 0.171. The van der Waals surface area contributed by atoms with Crippen molar-refractivity contribution in [1.82, 2.24) is 14.7 Å². The molecule has 13 heteroatoms. The first-order chi connectivity index (χ1) is 27.4. The first kappa shape index (κ1) is 45.4. The highest BCUT2D eigenvalue weighted by Crippen LogP contribution is 2.26. The van der Waals surface area contributed by atoms with E-state index in [1.54, 1.807) is 55.6 Å². The molecule has 0 saturated carbocycles. The van der Waals surface area contributed by atoms with Gasteiger partial charge in [-0.05, 0) is 76.7 Å². The molecule has 312 valence electrons. The smallest absolute Gasteiger partial charge is 0.162 e. The quantitative estimate of drug-likeness (QED) is 0.189. The minimum Gasteiger partial charge on any atom is -0.383 e. The molecular weight excluding hydrogens is 734 g/mol. The van der Waals surface area contributed by atoms with Gasteiger partial charge in [-0.1, -0.05) is 32.0 Å². The molecule has 0 spiro atoms. The number of rotatable bonds is 12. The Hall–Kier alpha value is -4.30. The van der Waals surface area contributed by atoms with E-state index >= 15 is 0 Å². The largest absolute Gasteiger partial charge is 0.383 e. The monoisotopic (exact) mass is 794 g/mol. The van der Waals surface area contributed by atoms with Crippen LogP contribution in [0, 0.1) is 17.5 Å². The van der Waals surface area contributed by atoms with Crippen molar-refractivity contribution in [2.75, 3.05) is 127 Å². The fourth-order valence-electron chi connectivity index (χ4n) is 7.37. The minimum atomic E-state index is -0.398. The van der Waals surface area contributed by atoms with Crippen LogP contribution in [0.2, 0.25) is 0 Å². The Kier molecular flexibility index (Phi) is 18.0.